The first-order chi connectivity index (χ1) is 15.5. The fourth-order valence-corrected chi connectivity index (χ4v) is 4.22. The second kappa shape index (κ2) is 11.3. The molecule has 32 heavy (non-hydrogen) atoms. The summed E-state index contributed by atoms with van der Waals surface area (Å²) in [5.41, 5.74) is 1.95. The van der Waals surface area contributed by atoms with Crippen molar-refractivity contribution in [2.75, 3.05) is 31.4 Å². The van der Waals surface area contributed by atoms with Gasteiger partial charge in [0.05, 0.1) is 25.9 Å². The van der Waals surface area contributed by atoms with Gasteiger partial charge in [-0.05, 0) is 32.8 Å². The van der Waals surface area contributed by atoms with Gasteiger partial charge in [0.2, 0.25) is 11.1 Å². The molecule has 0 bridgehead atoms. The molecule has 1 aromatic heterocycles. The molecule has 0 saturated heterocycles. The minimum atomic E-state index is -0.555. The number of nitrogens with zero attached hydrogens (tertiary/aromatic N) is 3. The van der Waals surface area contributed by atoms with Crippen LogP contribution in [0, 0.1) is 0 Å². The van der Waals surface area contributed by atoms with E-state index >= 15 is 0 Å². The first-order valence-corrected chi connectivity index (χ1v) is 12.1. The Hall–Kier alpha value is -2.68. The molecule has 1 unspecified atom stereocenters. The number of thioether (sulfide) groups is 1. The molecule has 1 atom stereocenters. The third-order valence-corrected chi connectivity index (χ3v) is 6.08. The molecule has 3 rings (SSSR count). The van der Waals surface area contributed by atoms with E-state index in [4.69, 9.17) is 19.3 Å². The van der Waals surface area contributed by atoms with Crippen molar-refractivity contribution in [2.24, 2.45) is 0 Å². The number of methoxy groups -OCH3 is 1. The number of anilines is 1. The fourth-order valence-electron chi connectivity index (χ4n) is 3.53. The SMILES string of the molecule is CCCCOC(=O)C1=C(C)Nc2nc(SCCC)nn2C1c1cccc(OC)c1OCC. The molecule has 8 nitrogen and oxygen atoms in total. The van der Waals surface area contributed by atoms with E-state index in [-0.39, 0.29) is 5.97 Å². The van der Waals surface area contributed by atoms with Crippen molar-refractivity contribution in [2.45, 2.75) is 58.2 Å². The van der Waals surface area contributed by atoms with Gasteiger partial charge < -0.3 is 19.5 Å². The lowest BCUT2D eigenvalue weighted by Gasteiger charge is -2.29. The Morgan fingerprint density at radius 3 is 2.75 bits per heavy atom. The van der Waals surface area contributed by atoms with Crippen LogP contribution in [0.1, 0.15) is 58.6 Å². The number of nitrogens with one attached hydrogen (secondary N) is 1. The molecule has 1 N–H and O–H groups in total. The molecule has 0 saturated carbocycles. The Bertz CT molecular complexity index is 973. The molecule has 1 aliphatic rings. The van der Waals surface area contributed by atoms with Gasteiger partial charge in [-0.2, -0.15) is 4.98 Å². The van der Waals surface area contributed by atoms with Crippen molar-refractivity contribution >= 4 is 23.7 Å². The van der Waals surface area contributed by atoms with Crippen LogP contribution < -0.4 is 14.8 Å². The van der Waals surface area contributed by atoms with Crippen molar-refractivity contribution in [1.82, 2.24) is 14.8 Å². The van der Waals surface area contributed by atoms with E-state index in [0.29, 0.717) is 47.1 Å². The molecule has 0 amide bonds. The Morgan fingerprint density at radius 2 is 2.06 bits per heavy atom. The van der Waals surface area contributed by atoms with Crippen molar-refractivity contribution in [3.63, 3.8) is 0 Å². The van der Waals surface area contributed by atoms with Crippen LogP contribution in [0.3, 0.4) is 0 Å². The standard InChI is InChI=1S/C23H32N4O4S/c1-6-9-13-31-21(28)18-15(4)24-22-25-23(32-14-7-2)26-27(22)19(18)16-11-10-12-17(29-5)20(16)30-8-3/h10-12,19H,6-9,13-14H2,1-5H3,(H,24,25,26). The van der Waals surface area contributed by atoms with E-state index in [9.17, 15) is 4.79 Å². The number of aromatic nitrogens is 3. The Morgan fingerprint density at radius 1 is 1.25 bits per heavy atom. The highest BCUT2D eigenvalue weighted by molar-refractivity contribution is 7.99. The maximum atomic E-state index is 13.2. The van der Waals surface area contributed by atoms with Crippen LogP contribution in [0.25, 0.3) is 0 Å². The van der Waals surface area contributed by atoms with Crippen LogP contribution >= 0.6 is 11.8 Å². The van der Waals surface area contributed by atoms with Gasteiger partial charge in [-0.15, -0.1) is 5.10 Å². The summed E-state index contributed by atoms with van der Waals surface area (Å²) in [6.07, 6.45) is 2.77. The van der Waals surface area contributed by atoms with E-state index in [2.05, 4.69) is 24.1 Å². The summed E-state index contributed by atoms with van der Waals surface area (Å²) < 4.78 is 18.9. The number of ether oxygens (including phenoxy) is 3. The lowest BCUT2D eigenvalue weighted by molar-refractivity contribution is -0.139. The Labute approximate surface area is 193 Å². The third kappa shape index (κ3) is 5.03. The summed E-state index contributed by atoms with van der Waals surface area (Å²) in [5, 5.41) is 8.64. The van der Waals surface area contributed by atoms with Gasteiger partial charge in [-0.1, -0.05) is 44.2 Å². The fraction of sp³-hybridized carbons (Fsp3) is 0.522. The van der Waals surface area contributed by atoms with Crippen molar-refractivity contribution in [1.29, 1.82) is 0 Å². The summed E-state index contributed by atoms with van der Waals surface area (Å²) in [7, 11) is 1.60. The molecule has 2 aromatic rings. The van der Waals surface area contributed by atoms with Gasteiger partial charge in [0.15, 0.2) is 11.5 Å². The van der Waals surface area contributed by atoms with E-state index in [1.54, 1.807) is 23.6 Å². The number of hydrogen-bond donors (Lipinski definition) is 1. The van der Waals surface area contributed by atoms with E-state index < -0.39 is 6.04 Å². The zero-order valence-electron chi connectivity index (χ0n) is 19.4. The molecule has 0 radical (unpaired) electrons. The predicted molar refractivity (Wildman–Crippen MR) is 126 cm³/mol. The first-order valence-electron chi connectivity index (χ1n) is 11.1. The summed E-state index contributed by atoms with van der Waals surface area (Å²) in [4.78, 5) is 17.9. The molecule has 9 heteroatoms. The summed E-state index contributed by atoms with van der Waals surface area (Å²) >= 11 is 1.59. The minimum absolute atomic E-state index is 0.372. The van der Waals surface area contributed by atoms with Crippen LogP contribution in [0.15, 0.2) is 34.6 Å². The number of unbranched alkanes of at least 4 members (excludes halogenated alkanes) is 1. The topological polar surface area (TPSA) is 87.5 Å². The van der Waals surface area contributed by atoms with Gasteiger partial charge in [-0.3, -0.25) is 0 Å². The number of esters is 1. The molecule has 0 aliphatic carbocycles. The quantitative estimate of drug-likeness (QED) is 0.290. The van der Waals surface area contributed by atoms with Crippen LogP contribution in [0.5, 0.6) is 11.5 Å². The largest absolute Gasteiger partial charge is 0.493 e. The Balaban J connectivity index is 2.14. The molecule has 2 heterocycles. The molecule has 1 aromatic carbocycles. The number of hydrogen-bond acceptors (Lipinski definition) is 8. The average Bonchev–Trinajstić information content (AvgIpc) is 3.19. The van der Waals surface area contributed by atoms with Crippen molar-refractivity contribution < 1.29 is 19.0 Å². The van der Waals surface area contributed by atoms with Gasteiger partial charge in [0.25, 0.3) is 0 Å². The zero-order chi connectivity index (χ0) is 23.1. The van der Waals surface area contributed by atoms with Crippen LogP contribution in [-0.4, -0.2) is 46.8 Å². The van der Waals surface area contributed by atoms with Crippen LogP contribution in [-0.2, 0) is 9.53 Å². The molecule has 174 valence electrons. The first kappa shape index (κ1) is 24.0. The minimum Gasteiger partial charge on any atom is -0.493 e. The van der Waals surface area contributed by atoms with E-state index in [1.807, 2.05) is 32.0 Å². The lowest BCUT2D eigenvalue weighted by atomic mass is 9.94. The molecule has 0 spiro atoms. The molecule has 1 aliphatic heterocycles. The summed E-state index contributed by atoms with van der Waals surface area (Å²) in [6, 6.07) is 5.11. The van der Waals surface area contributed by atoms with Gasteiger partial charge >= 0.3 is 5.97 Å². The predicted octanol–water partition coefficient (Wildman–Crippen LogP) is 4.82. The second-order valence-corrected chi connectivity index (χ2v) is 8.44. The highest BCUT2D eigenvalue weighted by Gasteiger charge is 2.37. The number of fused-ring (bicyclic) bond motifs is 1. The monoisotopic (exact) mass is 460 g/mol. The Kier molecular flexibility index (Phi) is 8.44. The smallest absolute Gasteiger partial charge is 0.338 e. The number of carbonyl (C=O) groups is 1. The van der Waals surface area contributed by atoms with Gasteiger partial charge in [-0.25, -0.2) is 9.48 Å². The summed E-state index contributed by atoms with van der Waals surface area (Å²) in [5.74, 6) is 2.31. The third-order valence-electron chi connectivity index (χ3n) is 5.03. The number of carbonyl (C=O) groups excluding carboxylic acids is 1. The second-order valence-electron chi connectivity index (χ2n) is 7.38. The van der Waals surface area contributed by atoms with Crippen molar-refractivity contribution in [3.05, 3.63) is 35.0 Å². The zero-order valence-corrected chi connectivity index (χ0v) is 20.3. The summed E-state index contributed by atoms with van der Waals surface area (Å²) in [6.45, 7) is 8.78. The number of para-hydroxylation sites is 1. The maximum absolute atomic E-state index is 13.2. The normalized spacial score (nSPS) is 15.2. The van der Waals surface area contributed by atoms with Crippen molar-refractivity contribution in [3.8, 4) is 11.5 Å². The van der Waals surface area contributed by atoms with Crippen LogP contribution in [0.4, 0.5) is 5.95 Å². The number of rotatable bonds is 11. The highest BCUT2D eigenvalue weighted by atomic mass is 32.2. The number of allylic oxidation sites excluding steroid dienone is 1. The maximum Gasteiger partial charge on any atom is 0.338 e. The van der Waals surface area contributed by atoms with E-state index in [1.165, 1.54) is 0 Å². The highest BCUT2D eigenvalue weighted by Crippen LogP contribution is 2.43. The molecular weight excluding hydrogens is 428 g/mol. The average molecular weight is 461 g/mol. The van der Waals surface area contributed by atoms with Gasteiger partial charge in [0, 0.05) is 17.0 Å². The molecular formula is C23H32N4O4S. The van der Waals surface area contributed by atoms with Gasteiger partial charge in [0.1, 0.15) is 6.04 Å². The number of benzene rings is 1. The van der Waals surface area contributed by atoms with E-state index in [0.717, 1.165) is 30.6 Å². The molecule has 0 fully saturated rings. The lowest BCUT2D eigenvalue weighted by Crippen LogP contribution is -2.30. The van der Waals surface area contributed by atoms with Crippen LogP contribution in [0.2, 0.25) is 0 Å².